The quantitative estimate of drug-likeness (QED) is 0.182. The zero-order chi connectivity index (χ0) is 38.2. The highest BCUT2D eigenvalue weighted by Gasteiger charge is 2.17. The van der Waals surface area contributed by atoms with E-state index in [1.54, 1.807) is 11.3 Å². The van der Waals surface area contributed by atoms with Crippen LogP contribution in [0.25, 0.3) is 96.8 Å². The van der Waals surface area contributed by atoms with Crippen LogP contribution in [0.5, 0.6) is 0 Å². The van der Waals surface area contributed by atoms with E-state index >= 15 is 0 Å². The van der Waals surface area contributed by atoms with E-state index in [0.717, 1.165) is 48.0 Å². The molecule has 0 unspecified atom stereocenters. The molecule has 3 heterocycles. The first-order valence-electron chi connectivity index (χ1n) is 19.1. The fourth-order valence-electron chi connectivity index (χ4n) is 6.46. The van der Waals surface area contributed by atoms with Gasteiger partial charge in [0.1, 0.15) is 0 Å². The summed E-state index contributed by atoms with van der Waals surface area (Å²) in [4.78, 5) is 14.6. The summed E-state index contributed by atoms with van der Waals surface area (Å²) in [6.45, 7) is 0. The lowest BCUT2D eigenvalue weighted by Gasteiger charge is -2.10. The van der Waals surface area contributed by atoms with Crippen molar-refractivity contribution in [1.29, 1.82) is 0 Å². The molecule has 50 heavy (non-hydrogen) atoms. The molecule has 10 rings (SSSR count). The Balaban J connectivity index is 1.24. The van der Waals surface area contributed by atoms with E-state index in [1.165, 1.54) is 11.3 Å². The van der Waals surface area contributed by atoms with Gasteiger partial charge in [-0.15, -0.1) is 22.7 Å². The molecule has 0 bridgehead atoms. The number of fused-ring (bicyclic) bond motifs is 6. The second-order valence-corrected chi connectivity index (χ2v) is 14.0. The van der Waals surface area contributed by atoms with Crippen LogP contribution in [0.15, 0.2) is 164 Å². The summed E-state index contributed by atoms with van der Waals surface area (Å²) in [5.74, 6) is 0.811. The molecule has 0 fully saturated rings. The SMILES string of the molecule is [2H]c1c([2H])c([2H])c2c(sc3c([2H])c(-c4nc(-c5ccccc5)nc(-c5cccc(-c6ccccc6)c5)n4)c([2H])c([2H])c32)c1-c1cccc2c1sc1ccccc12. The molecule has 7 aromatic carbocycles. The van der Waals surface area contributed by atoms with Crippen LogP contribution in [0.3, 0.4) is 0 Å². The van der Waals surface area contributed by atoms with Crippen molar-refractivity contribution < 1.29 is 8.22 Å². The van der Waals surface area contributed by atoms with Crippen LogP contribution >= 0.6 is 22.7 Å². The van der Waals surface area contributed by atoms with Crippen molar-refractivity contribution in [3.8, 4) is 56.4 Å². The second kappa shape index (κ2) is 11.8. The monoisotopic (exact) mass is 679 g/mol. The smallest absolute Gasteiger partial charge is 0.164 e. The van der Waals surface area contributed by atoms with Gasteiger partial charge in [-0.2, -0.15) is 0 Å². The molecule has 0 aliphatic rings. The van der Waals surface area contributed by atoms with Crippen LogP contribution in [-0.4, -0.2) is 15.0 Å². The maximum absolute atomic E-state index is 9.65. The van der Waals surface area contributed by atoms with Crippen molar-refractivity contribution >= 4 is 63.0 Å². The summed E-state index contributed by atoms with van der Waals surface area (Å²) in [7, 11) is 0. The molecule has 3 aromatic heterocycles. The highest BCUT2D eigenvalue weighted by molar-refractivity contribution is 7.27. The van der Waals surface area contributed by atoms with Gasteiger partial charge < -0.3 is 0 Å². The molecule has 5 heteroatoms. The van der Waals surface area contributed by atoms with Crippen molar-refractivity contribution in [3.05, 3.63) is 164 Å². The molecule has 0 saturated heterocycles. The van der Waals surface area contributed by atoms with Crippen LogP contribution in [0.4, 0.5) is 0 Å². The number of benzene rings is 7. The lowest BCUT2D eigenvalue weighted by molar-refractivity contribution is 1.07. The van der Waals surface area contributed by atoms with Gasteiger partial charge in [-0.1, -0.05) is 145 Å². The minimum atomic E-state index is -0.265. The number of rotatable bonds is 5. The van der Waals surface area contributed by atoms with Gasteiger partial charge in [-0.25, -0.2) is 15.0 Å². The van der Waals surface area contributed by atoms with Gasteiger partial charge in [0.25, 0.3) is 0 Å². The highest BCUT2D eigenvalue weighted by atomic mass is 32.1. The van der Waals surface area contributed by atoms with Crippen molar-refractivity contribution in [1.82, 2.24) is 15.0 Å². The molecule has 0 radical (unpaired) electrons. The minimum Gasteiger partial charge on any atom is -0.208 e. The molecule has 0 saturated carbocycles. The van der Waals surface area contributed by atoms with Crippen molar-refractivity contribution in [3.63, 3.8) is 0 Å². The van der Waals surface area contributed by atoms with Gasteiger partial charge in [0.05, 0.1) is 8.22 Å². The first kappa shape index (κ1) is 23.4. The normalized spacial score (nSPS) is 13.3. The van der Waals surface area contributed by atoms with Crippen molar-refractivity contribution in [2.75, 3.05) is 0 Å². The Morgan fingerprint density at radius 3 is 1.86 bits per heavy atom. The maximum Gasteiger partial charge on any atom is 0.164 e. The third-order valence-electron chi connectivity index (χ3n) is 8.85. The molecule has 3 nitrogen and oxygen atoms in total. The minimum absolute atomic E-state index is 0.0557. The Bertz CT molecular complexity index is 3220. The van der Waals surface area contributed by atoms with Crippen LogP contribution in [0, 0.1) is 0 Å². The van der Waals surface area contributed by atoms with Gasteiger partial charge >= 0.3 is 0 Å². The summed E-state index contributed by atoms with van der Waals surface area (Å²) in [5, 5.41) is 2.68. The number of aromatic nitrogens is 3. The molecule has 234 valence electrons. The van der Waals surface area contributed by atoms with Gasteiger partial charge in [-0.3, -0.25) is 0 Å². The summed E-state index contributed by atoms with van der Waals surface area (Å²) in [6.07, 6.45) is 0. The van der Waals surface area contributed by atoms with E-state index in [1.807, 2.05) is 109 Å². The fourth-order valence-corrected chi connectivity index (χ4v) is 8.82. The molecule has 0 aliphatic carbocycles. The van der Waals surface area contributed by atoms with Crippen LogP contribution in [0.1, 0.15) is 8.22 Å². The number of nitrogens with zero attached hydrogens (tertiary/aromatic N) is 3. The fraction of sp³-hybridized carbons (Fsp3) is 0. The molecular weight excluding hydrogens is 647 g/mol. The average Bonchev–Trinajstić information content (AvgIpc) is 3.83. The van der Waals surface area contributed by atoms with Crippen LogP contribution < -0.4 is 0 Å². The van der Waals surface area contributed by atoms with Crippen molar-refractivity contribution in [2.24, 2.45) is 0 Å². The topological polar surface area (TPSA) is 38.7 Å². The summed E-state index contributed by atoms with van der Waals surface area (Å²) >= 11 is 2.82. The molecule has 0 amide bonds. The van der Waals surface area contributed by atoms with E-state index in [4.69, 9.17) is 17.7 Å². The molecule has 0 aliphatic heterocycles. The Kier molecular flexibility index (Phi) is 5.54. The molecule has 10 aromatic rings. The zero-order valence-corrected chi connectivity index (χ0v) is 27.9. The maximum atomic E-state index is 9.65. The Labute approximate surface area is 305 Å². The summed E-state index contributed by atoms with van der Waals surface area (Å²) in [6, 6.07) is 40.4. The third-order valence-corrected chi connectivity index (χ3v) is 11.2. The second-order valence-electron chi connectivity index (χ2n) is 11.9. The van der Waals surface area contributed by atoms with E-state index < -0.39 is 0 Å². The zero-order valence-electron chi connectivity index (χ0n) is 32.3. The van der Waals surface area contributed by atoms with E-state index in [2.05, 4.69) is 18.2 Å². The number of hydrogen-bond acceptors (Lipinski definition) is 5. The lowest BCUT2D eigenvalue weighted by Crippen LogP contribution is -2.00. The van der Waals surface area contributed by atoms with Gasteiger partial charge in [0.15, 0.2) is 17.5 Å². The Morgan fingerprint density at radius 1 is 0.400 bits per heavy atom. The van der Waals surface area contributed by atoms with Gasteiger partial charge in [-0.05, 0) is 29.3 Å². The predicted octanol–water partition coefficient (Wildman–Crippen LogP) is 12.9. The molecular formula is C45H27N3S2. The Morgan fingerprint density at radius 2 is 1.02 bits per heavy atom. The van der Waals surface area contributed by atoms with Crippen LogP contribution in [-0.2, 0) is 0 Å². The first-order chi connectivity index (χ1) is 27.3. The highest BCUT2D eigenvalue weighted by Crippen LogP contribution is 2.45. The molecule has 0 atom stereocenters. The third kappa shape index (κ3) is 4.90. The van der Waals surface area contributed by atoms with Gasteiger partial charge in [0, 0.05) is 68.2 Å². The summed E-state index contributed by atoms with van der Waals surface area (Å²) < 4.78 is 58.6. The average molecular weight is 680 g/mol. The van der Waals surface area contributed by atoms with E-state index in [0.29, 0.717) is 32.0 Å². The summed E-state index contributed by atoms with van der Waals surface area (Å²) in [5.41, 5.74) is 4.79. The van der Waals surface area contributed by atoms with Gasteiger partial charge in [0.2, 0.25) is 0 Å². The standard InChI is InChI=1S/C45H27N3S2/c1-3-12-28(13-4-1)30-16-9-17-31(26-30)44-46-43(29-14-5-2-6-15-29)47-45(48-44)32-24-25-34-36-20-11-22-38(42(36)50-40(34)27-32)37-21-10-19-35-33-18-7-8-23-39(33)49-41(35)37/h1-27H/i11D,20D,22D,24D,25D,27D. The Hall–Kier alpha value is -6.01. The molecule has 0 spiro atoms. The molecule has 0 N–H and O–H groups in total. The predicted molar refractivity (Wildman–Crippen MR) is 213 cm³/mol. The first-order valence-corrected chi connectivity index (χ1v) is 17.8. The number of thiophene rings is 2. The van der Waals surface area contributed by atoms with Crippen LogP contribution in [0.2, 0.25) is 0 Å². The van der Waals surface area contributed by atoms with Crippen molar-refractivity contribution in [2.45, 2.75) is 0 Å². The largest absolute Gasteiger partial charge is 0.208 e. The van der Waals surface area contributed by atoms with E-state index in [9.17, 15) is 5.48 Å². The van der Waals surface area contributed by atoms with E-state index in [-0.39, 0.29) is 53.0 Å². The number of hydrogen-bond donors (Lipinski definition) is 0. The lowest BCUT2D eigenvalue weighted by atomic mass is 10.0.